The lowest BCUT2D eigenvalue weighted by molar-refractivity contribution is -0.385. The Labute approximate surface area is 116 Å². The van der Waals surface area contributed by atoms with Crippen molar-refractivity contribution in [2.75, 3.05) is 7.11 Å². The molecule has 0 spiro atoms. The molecule has 2 rings (SSSR count). The van der Waals surface area contributed by atoms with Gasteiger partial charge < -0.3 is 15.0 Å². The minimum Gasteiger partial charge on any atom is -0.490 e. The predicted octanol–water partition coefficient (Wildman–Crippen LogP) is 2.47. The third-order valence-corrected chi connectivity index (χ3v) is 3.10. The summed E-state index contributed by atoms with van der Waals surface area (Å²) >= 11 is 0. The first-order valence-corrected chi connectivity index (χ1v) is 6.24. The number of rotatable bonds is 5. The van der Waals surface area contributed by atoms with E-state index in [1.807, 2.05) is 36.0 Å². The van der Waals surface area contributed by atoms with Crippen LogP contribution in [0, 0.1) is 10.1 Å². The lowest BCUT2D eigenvalue weighted by atomic mass is 10.2. The molecule has 20 heavy (non-hydrogen) atoms. The van der Waals surface area contributed by atoms with Crippen LogP contribution in [0.25, 0.3) is 0 Å². The van der Waals surface area contributed by atoms with E-state index in [1.165, 1.54) is 13.2 Å². The number of nitrogens with zero attached hydrogens (tertiary/aromatic N) is 2. The molecule has 0 amide bonds. The van der Waals surface area contributed by atoms with Crippen molar-refractivity contribution >= 4 is 5.69 Å². The molecule has 106 valence electrons. The van der Waals surface area contributed by atoms with Crippen LogP contribution in [0.2, 0.25) is 0 Å². The lowest BCUT2D eigenvalue weighted by Gasteiger charge is -2.06. The molecule has 0 radical (unpaired) electrons. The summed E-state index contributed by atoms with van der Waals surface area (Å²) in [5.74, 6) is 0.266. The van der Waals surface area contributed by atoms with Gasteiger partial charge in [0.05, 0.1) is 12.0 Å². The first-order valence-electron chi connectivity index (χ1n) is 6.24. The van der Waals surface area contributed by atoms with Crippen molar-refractivity contribution in [1.82, 2.24) is 4.57 Å². The van der Waals surface area contributed by atoms with E-state index >= 15 is 0 Å². The zero-order valence-corrected chi connectivity index (χ0v) is 11.4. The largest absolute Gasteiger partial charge is 0.490 e. The fraction of sp³-hybridized carbons (Fsp3) is 0.286. The van der Waals surface area contributed by atoms with Crippen molar-refractivity contribution in [1.29, 1.82) is 0 Å². The Bertz CT molecular complexity index is 620. The SMILES string of the molecule is COc1ccc(Cn2ccc(C(C)N)c2)cc1[N+](=O)[O-]. The van der Waals surface area contributed by atoms with Crippen molar-refractivity contribution in [3.05, 3.63) is 57.9 Å². The number of hydrogen-bond donors (Lipinski definition) is 1. The van der Waals surface area contributed by atoms with E-state index in [0.717, 1.165) is 11.1 Å². The molecule has 0 fully saturated rings. The second-order valence-corrected chi connectivity index (χ2v) is 4.67. The van der Waals surface area contributed by atoms with Crippen molar-refractivity contribution in [2.45, 2.75) is 19.5 Å². The van der Waals surface area contributed by atoms with E-state index in [-0.39, 0.29) is 17.5 Å². The van der Waals surface area contributed by atoms with Crippen LogP contribution in [-0.2, 0) is 6.54 Å². The molecule has 0 aliphatic rings. The van der Waals surface area contributed by atoms with Crippen LogP contribution in [0.4, 0.5) is 5.69 Å². The van der Waals surface area contributed by atoms with E-state index < -0.39 is 4.92 Å². The molecule has 1 unspecified atom stereocenters. The number of nitrogens with two attached hydrogens (primary N) is 1. The molecule has 1 atom stereocenters. The summed E-state index contributed by atoms with van der Waals surface area (Å²) in [7, 11) is 1.42. The van der Waals surface area contributed by atoms with Gasteiger partial charge in [-0.15, -0.1) is 0 Å². The number of ether oxygens (including phenoxy) is 1. The number of aromatic nitrogens is 1. The van der Waals surface area contributed by atoms with Gasteiger partial charge in [0.15, 0.2) is 5.75 Å². The molecule has 6 heteroatoms. The number of nitro benzene ring substituents is 1. The van der Waals surface area contributed by atoms with Gasteiger partial charge in [0.1, 0.15) is 0 Å². The summed E-state index contributed by atoms with van der Waals surface area (Å²) < 4.78 is 6.93. The number of hydrogen-bond acceptors (Lipinski definition) is 4. The monoisotopic (exact) mass is 275 g/mol. The molecule has 1 aromatic carbocycles. The fourth-order valence-corrected chi connectivity index (χ4v) is 2.01. The van der Waals surface area contributed by atoms with Crippen LogP contribution in [0.3, 0.4) is 0 Å². The Morgan fingerprint density at radius 1 is 1.45 bits per heavy atom. The Morgan fingerprint density at radius 2 is 2.20 bits per heavy atom. The quantitative estimate of drug-likeness (QED) is 0.671. The molecule has 0 aliphatic carbocycles. The Hall–Kier alpha value is -2.34. The van der Waals surface area contributed by atoms with Crippen molar-refractivity contribution in [2.24, 2.45) is 5.73 Å². The molecule has 0 saturated carbocycles. The highest BCUT2D eigenvalue weighted by molar-refractivity contribution is 5.48. The maximum absolute atomic E-state index is 11.0. The third-order valence-electron chi connectivity index (χ3n) is 3.10. The zero-order chi connectivity index (χ0) is 14.7. The highest BCUT2D eigenvalue weighted by Gasteiger charge is 2.15. The molecule has 0 bridgehead atoms. The van der Waals surface area contributed by atoms with E-state index in [2.05, 4.69) is 0 Å². The van der Waals surface area contributed by atoms with Crippen molar-refractivity contribution in [3.63, 3.8) is 0 Å². The molecule has 2 aromatic rings. The summed E-state index contributed by atoms with van der Waals surface area (Å²) in [6, 6.07) is 6.88. The first kappa shape index (κ1) is 14.1. The van der Waals surface area contributed by atoms with E-state index in [4.69, 9.17) is 10.5 Å². The number of nitro groups is 1. The van der Waals surface area contributed by atoms with E-state index in [0.29, 0.717) is 6.54 Å². The van der Waals surface area contributed by atoms with Gasteiger partial charge in [-0.05, 0) is 30.2 Å². The summed E-state index contributed by atoms with van der Waals surface area (Å²) in [5.41, 5.74) is 7.65. The zero-order valence-electron chi connectivity index (χ0n) is 11.4. The van der Waals surface area contributed by atoms with Crippen LogP contribution >= 0.6 is 0 Å². The first-order chi connectivity index (χ1) is 9.51. The average molecular weight is 275 g/mol. The molecule has 1 aromatic heterocycles. The highest BCUT2D eigenvalue weighted by Crippen LogP contribution is 2.27. The van der Waals surface area contributed by atoms with E-state index in [1.54, 1.807) is 6.07 Å². The van der Waals surface area contributed by atoms with Gasteiger partial charge in [0, 0.05) is 31.0 Å². The maximum atomic E-state index is 11.0. The van der Waals surface area contributed by atoms with Gasteiger partial charge in [-0.1, -0.05) is 6.07 Å². The smallest absolute Gasteiger partial charge is 0.311 e. The van der Waals surface area contributed by atoms with Gasteiger partial charge >= 0.3 is 5.69 Å². The van der Waals surface area contributed by atoms with Crippen LogP contribution in [0.1, 0.15) is 24.1 Å². The van der Waals surface area contributed by atoms with Gasteiger partial charge in [-0.25, -0.2) is 0 Å². The van der Waals surface area contributed by atoms with Gasteiger partial charge in [0.2, 0.25) is 0 Å². The van der Waals surface area contributed by atoms with Crippen molar-refractivity contribution in [3.8, 4) is 5.75 Å². The van der Waals surface area contributed by atoms with Gasteiger partial charge in [-0.2, -0.15) is 0 Å². The molecule has 1 heterocycles. The Kier molecular flexibility index (Phi) is 4.05. The van der Waals surface area contributed by atoms with Crippen molar-refractivity contribution < 1.29 is 9.66 Å². The highest BCUT2D eigenvalue weighted by atomic mass is 16.6. The van der Waals surface area contributed by atoms with Crippen LogP contribution in [0.5, 0.6) is 5.75 Å². The van der Waals surface area contributed by atoms with Gasteiger partial charge in [0.25, 0.3) is 0 Å². The summed E-state index contributed by atoms with van der Waals surface area (Å²) in [4.78, 5) is 10.5. The molecule has 0 aliphatic heterocycles. The van der Waals surface area contributed by atoms with E-state index in [9.17, 15) is 10.1 Å². The number of methoxy groups -OCH3 is 1. The summed E-state index contributed by atoms with van der Waals surface area (Å²) in [5, 5.41) is 11.0. The molecule has 0 saturated heterocycles. The summed E-state index contributed by atoms with van der Waals surface area (Å²) in [6.07, 6.45) is 3.86. The second-order valence-electron chi connectivity index (χ2n) is 4.67. The second kappa shape index (κ2) is 5.75. The fourth-order valence-electron chi connectivity index (χ4n) is 2.01. The number of benzene rings is 1. The van der Waals surface area contributed by atoms with Crippen LogP contribution in [0.15, 0.2) is 36.7 Å². The Morgan fingerprint density at radius 3 is 2.75 bits per heavy atom. The lowest BCUT2D eigenvalue weighted by Crippen LogP contribution is -2.04. The molecule has 6 nitrogen and oxygen atoms in total. The molecular formula is C14H17N3O3. The minimum absolute atomic E-state index is 0.0235. The molecule has 2 N–H and O–H groups in total. The third kappa shape index (κ3) is 2.97. The summed E-state index contributed by atoms with van der Waals surface area (Å²) in [6.45, 7) is 2.47. The standard InChI is InChI=1S/C14H17N3O3/c1-10(15)12-5-6-16(9-12)8-11-3-4-14(20-2)13(7-11)17(18)19/h3-7,9-10H,8,15H2,1-2H3. The maximum Gasteiger partial charge on any atom is 0.311 e. The minimum atomic E-state index is -0.439. The average Bonchev–Trinajstić information content (AvgIpc) is 2.87. The van der Waals surface area contributed by atoms with Gasteiger partial charge in [-0.3, -0.25) is 10.1 Å². The van der Waals surface area contributed by atoms with Crippen LogP contribution < -0.4 is 10.5 Å². The Balaban J connectivity index is 2.24. The predicted molar refractivity (Wildman–Crippen MR) is 75.8 cm³/mol. The topological polar surface area (TPSA) is 83.3 Å². The molecular weight excluding hydrogens is 258 g/mol. The normalized spacial score (nSPS) is 12.2. The van der Waals surface area contributed by atoms with Crippen LogP contribution in [-0.4, -0.2) is 16.6 Å².